The molecule has 2 heteroatoms. The molecule has 14 heavy (non-hydrogen) atoms. The molecule has 2 saturated carbocycles. The molecule has 2 aliphatic carbocycles. The highest BCUT2D eigenvalue weighted by atomic mass is 15.0. The zero-order chi connectivity index (χ0) is 10.1. The zero-order valence-corrected chi connectivity index (χ0v) is 9.50. The Morgan fingerprint density at radius 1 is 1.07 bits per heavy atom. The SMILES string of the molecule is CC1CCC(NC2CC(N)C2)C(C)C1. The second-order valence-corrected chi connectivity index (χ2v) is 5.60. The molecule has 0 aromatic heterocycles. The summed E-state index contributed by atoms with van der Waals surface area (Å²) in [5.41, 5.74) is 5.79. The topological polar surface area (TPSA) is 38.0 Å². The Morgan fingerprint density at radius 2 is 1.79 bits per heavy atom. The van der Waals surface area contributed by atoms with Crippen LogP contribution < -0.4 is 11.1 Å². The predicted octanol–water partition coefficient (Wildman–Crippen LogP) is 1.89. The largest absolute Gasteiger partial charge is 0.328 e. The average Bonchev–Trinajstić information content (AvgIpc) is 2.06. The average molecular weight is 196 g/mol. The molecule has 0 bridgehead atoms. The van der Waals surface area contributed by atoms with Crippen LogP contribution in [0.15, 0.2) is 0 Å². The van der Waals surface area contributed by atoms with E-state index in [9.17, 15) is 0 Å². The van der Waals surface area contributed by atoms with Gasteiger partial charge in [0, 0.05) is 18.1 Å². The van der Waals surface area contributed by atoms with Gasteiger partial charge in [-0.05, 0) is 43.9 Å². The highest BCUT2D eigenvalue weighted by molar-refractivity contribution is 4.92. The van der Waals surface area contributed by atoms with Crippen molar-refractivity contribution >= 4 is 0 Å². The van der Waals surface area contributed by atoms with E-state index in [0.717, 1.165) is 23.9 Å². The van der Waals surface area contributed by atoms with Crippen molar-refractivity contribution in [1.29, 1.82) is 0 Å². The van der Waals surface area contributed by atoms with Gasteiger partial charge in [0.1, 0.15) is 0 Å². The molecule has 2 aliphatic rings. The lowest BCUT2D eigenvalue weighted by Crippen LogP contribution is -2.54. The summed E-state index contributed by atoms with van der Waals surface area (Å²) >= 11 is 0. The van der Waals surface area contributed by atoms with Gasteiger partial charge in [-0.25, -0.2) is 0 Å². The lowest BCUT2D eigenvalue weighted by Gasteiger charge is -2.41. The summed E-state index contributed by atoms with van der Waals surface area (Å²) < 4.78 is 0. The third-order valence-corrected chi connectivity index (χ3v) is 4.06. The van der Waals surface area contributed by atoms with E-state index in [-0.39, 0.29) is 0 Å². The molecular weight excluding hydrogens is 172 g/mol. The molecule has 0 heterocycles. The molecule has 0 aromatic rings. The maximum atomic E-state index is 5.79. The fourth-order valence-electron chi connectivity index (χ4n) is 3.01. The van der Waals surface area contributed by atoms with Crippen molar-refractivity contribution in [3.05, 3.63) is 0 Å². The molecule has 0 radical (unpaired) electrons. The van der Waals surface area contributed by atoms with Crippen molar-refractivity contribution in [1.82, 2.24) is 5.32 Å². The molecule has 0 aliphatic heterocycles. The van der Waals surface area contributed by atoms with Crippen LogP contribution in [0.5, 0.6) is 0 Å². The molecule has 3 atom stereocenters. The van der Waals surface area contributed by atoms with Crippen molar-refractivity contribution in [3.8, 4) is 0 Å². The standard InChI is InChI=1S/C12H24N2/c1-8-3-4-12(9(2)5-8)14-11-6-10(13)7-11/h8-12,14H,3-7,13H2,1-2H3. The summed E-state index contributed by atoms with van der Waals surface area (Å²) in [5, 5.41) is 3.78. The van der Waals surface area contributed by atoms with Crippen molar-refractivity contribution in [2.24, 2.45) is 17.6 Å². The summed E-state index contributed by atoms with van der Waals surface area (Å²) in [7, 11) is 0. The molecule has 0 saturated heterocycles. The molecule has 2 nitrogen and oxygen atoms in total. The molecule has 0 aromatic carbocycles. The minimum absolute atomic E-state index is 0.477. The molecule has 3 unspecified atom stereocenters. The highest BCUT2D eigenvalue weighted by Gasteiger charge is 2.31. The van der Waals surface area contributed by atoms with Gasteiger partial charge in [-0.3, -0.25) is 0 Å². The zero-order valence-electron chi connectivity index (χ0n) is 9.50. The van der Waals surface area contributed by atoms with E-state index in [2.05, 4.69) is 19.2 Å². The Labute approximate surface area is 87.6 Å². The summed E-state index contributed by atoms with van der Waals surface area (Å²) in [5.74, 6) is 1.79. The minimum Gasteiger partial charge on any atom is -0.328 e. The van der Waals surface area contributed by atoms with Crippen LogP contribution in [0.3, 0.4) is 0 Å². The van der Waals surface area contributed by atoms with Gasteiger partial charge in [0.05, 0.1) is 0 Å². The first-order valence-corrected chi connectivity index (χ1v) is 6.16. The van der Waals surface area contributed by atoms with Crippen LogP contribution in [0.1, 0.15) is 46.0 Å². The number of nitrogens with one attached hydrogen (secondary N) is 1. The van der Waals surface area contributed by atoms with Crippen molar-refractivity contribution in [2.75, 3.05) is 0 Å². The summed E-state index contributed by atoms with van der Waals surface area (Å²) in [6.07, 6.45) is 6.56. The fraction of sp³-hybridized carbons (Fsp3) is 1.00. The molecule has 2 fully saturated rings. The molecule has 0 amide bonds. The van der Waals surface area contributed by atoms with Crippen LogP contribution in [-0.2, 0) is 0 Å². The Balaban J connectivity index is 1.75. The highest BCUT2D eigenvalue weighted by Crippen LogP contribution is 2.30. The van der Waals surface area contributed by atoms with Gasteiger partial charge in [-0.15, -0.1) is 0 Å². The van der Waals surface area contributed by atoms with E-state index >= 15 is 0 Å². The smallest absolute Gasteiger partial charge is 0.00992 e. The van der Waals surface area contributed by atoms with Gasteiger partial charge >= 0.3 is 0 Å². The first-order valence-electron chi connectivity index (χ1n) is 6.16. The van der Waals surface area contributed by atoms with E-state index < -0.39 is 0 Å². The van der Waals surface area contributed by atoms with Crippen LogP contribution in [0.2, 0.25) is 0 Å². The van der Waals surface area contributed by atoms with Gasteiger partial charge < -0.3 is 11.1 Å². The van der Waals surface area contributed by atoms with E-state index in [0.29, 0.717) is 6.04 Å². The fourth-order valence-corrected chi connectivity index (χ4v) is 3.01. The van der Waals surface area contributed by atoms with E-state index in [1.807, 2.05) is 0 Å². The lowest BCUT2D eigenvalue weighted by molar-refractivity contribution is 0.177. The molecular formula is C12H24N2. The van der Waals surface area contributed by atoms with Gasteiger partial charge in [0.25, 0.3) is 0 Å². The van der Waals surface area contributed by atoms with E-state index in [1.165, 1.54) is 32.1 Å². The quantitative estimate of drug-likeness (QED) is 0.708. The monoisotopic (exact) mass is 196 g/mol. The Morgan fingerprint density at radius 3 is 2.36 bits per heavy atom. The summed E-state index contributed by atoms with van der Waals surface area (Å²) in [4.78, 5) is 0. The molecule has 0 spiro atoms. The predicted molar refractivity (Wildman–Crippen MR) is 60.1 cm³/mol. The maximum absolute atomic E-state index is 5.79. The first-order chi connectivity index (χ1) is 6.65. The number of hydrogen-bond donors (Lipinski definition) is 2. The number of nitrogens with two attached hydrogens (primary N) is 1. The van der Waals surface area contributed by atoms with Gasteiger partial charge in [0.15, 0.2) is 0 Å². The second kappa shape index (κ2) is 4.19. The Bertz CT molecular complexity index is 187. The normalized spacial score (nSPS) is 48.6. The van der Waals surface area contributed by atoms with Crippen LogP contribution in [0.4, 0.5) is 0 Å². The molecule has 2 rings (SSSR count). The molecule has 3 N–H and O–H groups in total. The van der Waals surface area contributed by atoms with Gasteiger partial charge in [0.2, 0.25) is 0 Å². The Hall–Kier alpha value is -0.0800. The minimum atomic E-state index is 0.477. The first kappa shape index (κ1) is 10.4. The second-order valence-electron chi connectivity index (χ2n) is 5.60. The van der Waals surface area contributed by atoms with Crippen LogP contribution in [0, 0.1) is 11.8 Å². The van der Waals surface area contributed by atoms with Crippen LogP contribution >= 0.6 is 0 Å². The van der Waals surface area contributed by atoms with E-state index in [4.69, 9.17) is 5.73 Å². The molecule has 82 valence electrons. The van der Waals surface area contributed by atoms with Crippen LogP contribution in [-0.4, -0.2) is 18.1 Å². The van der Waals surface area contributed by atoms with Crippen molar-refractivity contribution < 1.29 is 0 Å². The summed E-state index contributed by atoms with van der Waals surface area (Å²) in [6.45, 7) is 4.78. The van der Waals surface area contributed by atoms with Gasteiger partial charge in [-0.1, -0.05) is 13.8 Å². The van der Waals surface area contributed by atoms with Gasteiger partial charge in [-0.2, -0.15) is 0 Å². The van der Waals surface area contributed by atoms with Crippen molar-refractivity contribution in [3.63, 3.8) is 0 Å². The maximum Gasteiger partial charge on any atom is 0.00992 e. The van der Waals surface area contributed by atoms with E-state index in [1.54, 1.807) is 0 Å². The summed E-state index contributed by atoms with van der Waals surface area (Å²) in [6, 6.07) is 1.97. The lowest BCUT2D eigenvalue weighted by atomic mass is 9.78. The number of rotatable bonds is 2. The third kappa shape index (κ3) is 2.29. The number of hydrogen-bond acceptors (Lipinski definition) is 2. The Kier molecular flexibility index (Phi) is 3.13. The third-order valence-electron chi connectivity index (χ3n) is 4.06. The van der Waals surface area contributed by atoms with Crippen LogP contribution in [0.25, 0.3) is 0 Å². The van der Waals surface area contributed by atoms with Crippen molar-refractivity contribution in [2.45, 2.75) is 64.1 Å².